The van der Waals surface area contributed by atoms with Crippen molar-refractivity contribution in [1.29, 1.82) is 0 Å². The summed E-state index contributed by atoms with van der Waals surface area (Å²) in [4.78, 5) is 13.9. The van der Waals surface area contributed by atoms with E-state index in [4.69, 9.17) is 0 Å². The predicted molar refractivity (Wildman–Crippen MR) is 89.6 cm³/mol. The summed E-state index contributed by atoms with van der Waals surface area (Å²) in [6, 6.07) is 7.91. The molecule has 0 spiro atoms. The molecule has 0 aliphatic heterocycles. The van der Waals surface area contributed by atoms with E-state index in [0.29, 0.717) is 19.4 Å². The molecular formula is C17H29N3O2. The van der Waals surface area contributed by atoms with Gasteiger partial charge in [-0.1, -0.05) is 38.1 Å². The maximum Gasteiger partial charge on any atom is 0.315 e. The highest BCUT2D eigenvalue weighted by atomic mass is 16.3. The van der Waals surface area contributed by atoms with Gasteiger partial charge in [0, 0.05) is 19.6 Å². The van der Waals surface area contributed by atoms with Crippen LogP contribution in [0, 0.1) is 0 Å². The first kappa shape index (κ1) is 18.5. The van der Waals surface area contributed by atoms with Crippen molar-refractivity contribution >= 4 is 6.03 Å². The van der Waals surface area contributed by atoms with Gasteiger partial charge in [-0.25, -0.2) is 4.79 Å². The minimum absolute atomic E-state index is 0.252. The Hall–Kier alpha value is -1.59. The van der Waals surface area contributed by atoms with Gasteiger partial charge in [-0.2, -0.15) is 0 Å². The maximum absolute atomic E-state index is 11.8. The second-order valence-corrected chi connectivity index (χ2v) is 6.03. The molecule has 0 fully saturated rings. The number of rotatable bonds is 8. The topological polar surface area (TPSA) is 64.6 Å². The number of hydrogen-bond acceptors (Lipinski definition) is 3. The molecule has 1 aromatic rings. The lowest BCUT2D eigenvalue weighted by molar-refractivity contribution is 0.0349. The van der Waals surface area contributed by atoms with Crippen LogP contribution in [0.3, 0.4) is 0 Å². The molecule has 0 unspecified atom stereocenters. The Morgan fingerprint density at radius 2 is 1.82 bits per heavy atom. The minimum Gasteiger partial charge on any atom is -0.388 e. The van der Waals surface area contributed by atoms with E-state index < -0.39 is 5.60 Å². The zero-order chi connectivity index (χ0) is 16.6. The average Bonchev–Trinajstić information content (AvgIpc) is 2.50. The summed E-state index contributed by atoms with van der Waals surface area (Å²) in [5.74, 6) is 0. The second kappa shape index (κ2) is 8.76. The van der Waals surface area contributed by atoms with Gasteiger partial charge < -0.3 is 20.6 Å². The van der Waals surface area contributed by atoms with Gasteiger partial charge in [0.05, 0.1) is 5.60 Å². The highest BCUT2D eigenvalue weighted by Crippen LogP contribution is 2.12. The number of aliphatic hydroxyl groups is 1. The summed E-state index contributed by atoms with van der Waals surface area (Å²) < 4.78 is 0. The number of amides is 2. The van der Waals surface area contributed by atoms with Gasteiger partial charge in [0.15, 0.2) is 0 Å². The minimum atomic E-state index is -0.817. The Labute approximate surface area is 133 Å². The van der Waals surface area contributed by atoms with Gasteiger partial charge in [-0.05, 0) is 38.1 Å². The van der Waals surface area contributed by atoms with E-state index in [9.17, 15) is 9.90 Å². The zero-order valence-corrected chi connectivity index (χ0v) is 14.1. The molecule has 22 heavy (non-hydrogen) atoms. The maximum atomic E-state index is 11.8. The lowest BCUT2D eigenvalue weighted by atomic mass is 9.98. The molecular weight excluding hydrogens is 278 g/mol. The van der Waals surface area contributed by atoms with Crippen LogP contribution >= 0.6 is 0 Å². The third-order valence-corrected chi connectivity index (χ3v) is 3.84. The Balaban J connectivity index is 2.44. The molecule has 0 aromatic heterocycles. The number of nitrogens with zero attached hydrogens (tertiary/aromatic N) is 1. The summed E-state index contributed by atoms with van der Waals surface area (Å²) in [5.41, 5.74) is 1.47. The predicted octanol–water partition coefficient (Wildman–Crippen LogP) is 2.10. The Morgan fingerprint density at radius 3 is 2.41 bits per heavy atom. The molecule has 5 nitrogen and oxygen atoms in total. The number of hydrogen-bond donors (Lipinski definition) is 3. The lowest BCUT2D eigenvalue weighted by Crippen LogP contribution is -2.45. The fourth-order valence-electron chi connectivity index (χ4n) is 2.19. The Bertz CT molecular complexity index is 471. The number of nitrogens with one attached hydrogen (secondary N) is 2. The third-order valence-electron chi connectivity index (χ3n) is 3.84. The van der Waals surface area contributed by atoms with Gasteiger partial charge in [-0.15, -0.1) is 0 Å². The molecule has 0 saturated carbocycles. The largest absolute Gasteiger partial charge is 0.388 e. The average molecular weight is 307 g/mol. The van der Waals surface area contributed by atoms with Gasteiger partial charge in [-0.3, -0.25) is 0 Å². The number of benzene rings is 1. The molecule has 0 bridgehead atoms. The molecule has 0 heterocycles. The third kappa shape index (κ3) is 6.45. The molecule has 5 heteroatoms. The molecule has 0 aliphatic rings. The number of carbonyl (C=O) groups excluding carboxylic acids is 1. The first-order valence-electron chi connectivity index (χ1n) is 7.85. The zero-order valence-electron chi connectivity index (χ0n) is 14.1. The van der Waals surface area contributed by atoms with Crippen molar-refractivity contribution in [2.45, 2.75) is 45.4 Å². The van der Waals surface area contributed by atoms with Crippen LogP contribution in [0.15, 0.2) is 24.3 Å². The summed E-state index contributed by atoms with van der Waals surface area (Å²) in [5, 5.41) is 15.7. The van der Waals surface area contributed by atoms with E-state index in [0.717, 1.165) is 12.1 Å². The van der Waals surface area contributed by atoms with Gasteiger partial charge >= 0.3 is 6.03 Å². The monoisotopic (exact) mass is 307 g/mol. The molecule has 0 radical (unpaired) electrons. The van der Waals surface area contributed by atoms with Gasteiger partial charge in [0.25, 0.3) is 0 Å². The summed E-state index contributed by atoms with van der Waals surface area (Å²) in [6.45, 7) is 5.45. The number of urea groups is 1. The van der Waals surface area contributed by atoms with E-state index in [2.05, 4.69) is 27.7 Å². The van der Waals surface area contributed by atoms with Crippen LogP contribution in [0.25, 0.3) is 0 Å². The normalized spacial score (nSPS) is 11.5. The summed E-state index contributed by atoms with van der Waals surface area (Å²) >= 11 is 0. The molecule has 0 saturated heterocycles. The van der Waals surface area contributed by atoms with E-state index >= 15 is 0 Å². The van der Waals surface area contributed by atoms with Crippen molar-refractivity contribution in [3.63, 3.8) is 0 Å². The van der Waals surface area contributed by atoms with Crippen molar-refractivity contribution in [2.75, 3.05) is 20.6 Å². The SMILES string of the molecule is CCC(O)(CC)CNC(=O)NCc1cccc(CN(C)C)c1. The summed E-state index contributed by atoms with van der Waals surface area (Å²) in [7, 11) is 4.06. The van der Waals surface area contributed by atoms with Crippen LogP contribution < -0.4 is 10.6 Å². The van der Waals surface area contributed by atoms with Crippen molar-refractivity contribution in [3.05, 3.63) is 35.4 Å². The fraction of sp³-hybridized carbons (Fsp3) is 0.588. The molecule has 1 aromatic carbocycles. The van der Waals surface area contributed by atoms with Crippen LogP contribution in [-0.2, 0) is 13.1 Å². The van der Waals surface area contributed by atoms with Gasteiger partial charge in [0.1, 0.15) is 0 Å². The first-order chi connectivity index (χ1) is 10.4. The fourth-order valence-corrected chi connectivity index (χ4v) is 2.19. The first-order valence-corrected chi connectivity index (χ1v) is 7.85. The van der Waals surface area contributed by atoms with Crippen molar-refractivity contribution in [2.24, 2.45) is 0 Å². The van der Waals surface area contributed by atoms with E-state index in [1.165, 1.54) is 5.56 Å². The Morgan fingerprint density at radius 1 is 1.18 bits per heavy atom. The van der Waals surface area contributed by atoms with Crippen LogP contribution in [0.2, 0.25) is 0 Å². The summed E-state index contributed by atoms with van der Waals surface area (Å²) in [6.07, 6.45) is 1.24. The van der Waals surface area contributed by atoms with Gasteiger partial charge in [0.2, 0.25) is 0 Å². The van der Waals surface area contributed by atoms with Crippen LogP contribution in [-0.4, -0.2) is 42.3 Å². The van der Waals surface area contributed by atoms with Crippen molar-refractivity contribution in [1.82, 2.24) is 15.5 Å². The molecule has 0 atom stereocenters. The van der Waals surface area contributed by atoms with Crippen molar-refractivity contribution in [3.8, 4) is 0 Å². The highest BCUT2D eigenvalue weighted by Gasteiger charge is 2.22. The second-order valence-electron chi connectivity index (χ2n) is 6.03. The molecule has 1 rings (SSSR count). The lowest BCUT2D eigenvalue weighted by Gasteiger charge is -2.25. The van der Waals surface area contributed by atoms with Crippen LogP contribution in [0.1, 0.15) is 37.8 Å². The Kier molecular flexibility index (Phi) is 7.35. The van der Waals surface area contributed by atoms with Crippen molar-refractivity contribution < 1.29 is 9.90 Å². The van der Waals surface area contributed by atoms with E-state index in [-0.39, 0.29) is 12.6 Å². The van der Waals surface area contributed by atoms with E-state index in [1.54, 1.807) is 0 Å². The molecule has 2 amide bonds. The molecule has 3 N–H and O–H groups in total. The number of carbonyl (C=O) groups is 1. The quantitative estimate of drug-likeness (QED) is 0.689. The standard InChI is InChI=1S/C17H29N3O2/c1-5-17(22,6-2)13-19-16(21)18-11-14-8-7-9-15(10-14)12-20(3)4/h7-10,22H,5-6,11-13H2,1-4H3,(H2,18,19,21). The molecule has 0 aliphatic carbocycles. The van der Waals surface area contributed by atoms with Crippen LogP contribution in [0.5, 0.6) is 0 Å². The van der Waals surface area contributed by atoms with Crippen LogP contribution in [0.4, 0.5) is 4.79 Å². The van der Waals surface area contributed by atoms with E-state index in [1.807, 2.05) is 40.1 Å². The molecule has 124 valence electrons. The smallest absolute Gasteiger partial charge is 0.315 e. The highest BCUT2D eigenvalue weighted by molar-refractivity contribution is 5.73.